The Balaban J connectivity index is 1.65. The third-order valence-electron chi connectivity index (χ3n) is 4.91. The average molecular weight is 453 g/mol. The van der Waals surface area contributed by atoms with E-state index in [0.29, 0.717) is 17.4 Å². The average Bonchev–Trinajstić information content (AvgIpc) is 3.19. The van der Waals surface area contributed by atoms with E-state index in [9.17, 15) is 4.79 Å². The predicted octanol–water partition coefficient (Wildman–Crippen LogP) is 5.42. The number of hydrogen-bond donors (Lipinski definition) is 3. The van der Waals surface area contributed by atoms with Crippen molar-refractivity contribution in [3.05, 3.63) is 53.5 Å². The predicted molar refractivity (Wildman–Crippen MR) is 130 cm³/mol. The van der Waals surface area contributed by atoms with Crippen LogP contribution in [0.5, 0.6) is 0 Å². The number of hydrogen-bond acceptors (Lipinski definition) is 7. The fourth-order valence-corrected chi connectivity index (χ4v) is 4.69. The lowest BCUT2D eigenvalue weighted by atomic mass is 10.1. The van der Waals surface area contributed by atoms with Crippen molar-refractivity contribution in [2.24, 2.45) is 0 Å². The molecule has 0 saturated carbocycles. The van der Waals surface area contributed by atoms with Gasteiger partial charge in [0.1, 0.15) is 0 Å². The number of thiophene rings is 1. The highest BCUT2D eigenvalue weighted by atomic mass is 32.1. The number of nitrogens with one attached hydrogen (secondary N) is 2. The lowest BCUT2D eigenvalue weighted by molar-refractivity contribution is 0.0895. The smallest absolute Gasteiger partial charge is 0.261 e. The molecule has 0 saturated heterocycles. The minimum absolute atomic E-state index is 0.00479. The van der Waals surface area contributed by atoms with Crippen LogP contribution >= 0.6 is 24.0 Å². The first-order valence-electron chi connectivity index (χ1n) is 10.1. The van der Waals surface area contributed by atoms with Gasteiger partial charge in [-0.15, -0.1) is 24.0 Å². The number of methoxy groups -OCH3 is 1. The third kappa shape index (κ3) is 4.98. The number of aromatic nitrogens is 2. The lowest BCUT2D eigenvalue weighted by Crippen LogP contribution is -2.37. The highest BCUT2D eigenvalue weighted by Crippen LogP contribution is 2.32. The van der Waals surface area contributed by atoms with Gasteiger partial charge in [0, 0.05) is 39.4 Å². The first-order valence-corrected chi connectivity index (χ1v) is 11.4. The second-order valence-electron chi connectivity index (χ2n) is 7.31. The van der Waals surface area contributed by atoms with E-state index in [0.717, 1.165) is 44.4 Å². The molecule has 2 N–H and O–H groups in total. The maximum atomic E-state index is 12.8. The molecule has 0 spiro atoms. The Labute approximate surface area is 190 Å². The molecule has 4 aromatic rings. The zero-order valence-electron chi connectivity index (χ0n) is 17.4. The van der Waals surface area contributed by atoms with Crippen LogP contribution in [0.1, 0.15) is 29.4 Å². The van der Waals surface area contributed by atoms with Crippen molar-refractivity contribution < 1.29 is 9.53 Å². The minimum atomic E-state index is -0.0807. The Kier molecular flexibility index (Phi) is 6.70. The Morgan fingerprint density at radius 3 is 2.90 bits per heavy atom. The van der Waals surface area contributed by atoms with Gasteiger partial charge in [0.25, 0.3) is 5.91 Å². The first kappa shape index (κ1) is 21.5. The van der Waals surface area contributed by atoms with Crippen molar-refractivity contribution in [2.75, 3.05) is 19.0 Å². The molecule has 1 amide bonds. The highest BCUT2D eigenvalue weighted by Gasteiger charge is 2.17. The molecule has 0 aliphatic carbocycles. The quantitative estimate of drug-likeness (QED) is 0.311. The van der Waals surface area contributed by atoms with E-state index in [-0.39, 0.29) is 11.9 Å². The van der Waals surface area contributed by atoms with Gasteiger partial charge in [-0.1, -0.05) is 19.4 Å². The third-order valence-corrected chi connectivity index (χ3v) is 6.29. The highest BCUT2D eigenvalue weighted by molar-refractivity contribution is 7.80. The van der Waals surface area contributed by atoms with Crippen molar-refractivity contribution in [3.63, 3.8) is 0 Å². The number of anilines is 2. The number of nitrogens with zero attached hydrogens (tertiary/aromatic N) is 2. The monoisotopic (exact) mass is 452 g/mol. The van der Waals surface area contributed by atoms with E-state index in [1.165, 1.54) is 11.3 Å². The zero-order chi connectivity index (χ0) is 21.8. The first-order chi connectivity index (χ1) is 15.1. The molecule has 31 heavy (non-hydrogen) atoms. The van der Waals surface area contributed by atoms with Crippen molar-refractivity contribution in [1.29, 1.82) is 0 Å². The summed E-state index contributed by atoms with van der Waals surface area (Å²) in [5.74, 6) is 0.419. The summed E-state index contributed by atoms with van der Waals surface area (Å²) in [5, 5.41) is 8.18. The molecule has 160 valence electrons. The van der Waals surface area contributed by atoms with E-state index in [1.54, 1.807) is 13.3 Å². The van der Waals surface area contributed by atoms with Gasteiger partial charge in [-0.3, -0.25) is 4.79 Å². The van der Waals surface area contributed by atoms with Gasteiger partial charge in [-0.25, -0.2) is 9.97 Å². The van der Waals surface area contributed by atoms with Crippen molar-refractivity contribution in [3.8, 4) is 0 Å². The van der Waals surface area contributed by atoms with Gasteiger partial charge in [0.15, 0.2) is 0 Å². The Bertz CT molecular complexity index is 1220. The number of carbonyl (C=O) groups excluding carboxylic acids is 1. The van der Waals surface area contributed by atoms with E-state index in [1.807, 2.05) is 42.5 Å². The molecular formula is C23H24N4O2S2. The van der Waals surface area contributed by atoms with Crippen LogP contribution in [0, 0.1) is 0 Å². The van der Waals surface area contributed by atoms with E-state index in [2.05, 4.69) is 35.2 Å². The normalized spacial score (nSPS) is 12.2. The molecule has 6 nitrogen and oxygen atoms in total. The molecule has 1 atom stereocenters. The molecule has 4 rings (SSSR count). The zero-order valence-corrected chi connectivity index (χ0v) is 19.1. The number of rotatable bonds is 8. The number of ether oxygens (including phenoxy) is 1. The molecular weight excluding hydrogens is 428 g/mol. The number of thiol groups is 1. The Hall–Kier alpha value is -2.68. The second-order valence-corrected chi connectivity index (χ2v) is 8.91. The lowest BCUT2D eigenvalue weighted by Gasteiger charge is -2.16. The van der Waals surface area contributed by atoms with Crippen LogP contribution < -0.4 is 10.6 Å². The topological polar surface area (TPSA) is 76.1 Å². The largest absolute Gasteiger partial charge is 0.383 e. The van der Waals surface area contributed by atoms with E-state index >= 15 is 0 Å². The number of benzene rings is 2. The van der Waals surface area contributed by atoms with Crippen LogP contribution in [0.2, 0.25) is 0 Å². The van der Waals surface area contributed by atoms with Crippen LogP contribution in [-0.4, -0.2) is 35.6 Å². The number of carbonyl (C=O) groups is 1. The molecule has 2 aromatic heterocycles. The summed E-state index contributed by atoms with van der Waals surface area (Å²) in [6.45, 7) is 2.60. The summed E-state index contributed by atoms with van der Waals surface area (Å²) >= 11 is 5.84. The van der Waals surface area contributed by atoms with Crippen LogP contribution in [0.25, 0.3) is 21.0 Å². The summed E-state index contributed by atoms with van der Waals surface area (Å²) in [5.41, 5.74) is 1.68. The Morgan fingerprint density at radius 1 is 1.26 bits per heavy atom. The molecule has 0 radical (unpaired) electrons. The van der Waals surface area contributed by atoms with Crippen LogP contribution in [0.3, 0.4) is 0 Å². The molecule has 0 bridgehead atoms. The van der Waals surface area contributed by atoms with Gasteiger partial charge in [-0.05, 0) is 42.8 Å². The second kappa shape index (κ2) is 9.64. The summed E-state index contributed by atoms with van der Waals surface area (Å²) in [7, 11) is 1.65. The minimum Gasteiger partial charge on any atom is -0.383 e. The molecule has 2 aromatic carbocycles. The summed E-state index contributed by atoms with van der Waals surface area (Å²) in [4.78, 5) is 23.5. The molecule has 8 heteroatoms. The SMILES string of the molecule is CCCC(COC)NC(=O)c1cc2c(ccc3cnc(Nc4cccc(S)c4)nc32)s1. The van der Waals surface area contributed by atoms with Gasteiger partial charge in [0.2, 0.25) is 5.95 Å². The van der Waals surface area contributed by atoms with E-state index < -0.39 is 0 Å². The van der Waals surface area contributed by atoms with Crippen LogP contribution in [0.4, 0.5) is 11.6 Å². The van der Waals surface area contributed by atoms with Crippen molar-refractivity contribution in [2.45, 2.75) is 30.7 Å². The van der Waals surface area contributed by atoms with Gasteiger partial charge in [-0.2, -0.15) is 0 Å². The fraction of sp³-hybridized carbons (Fsp3) is 0.261. The van der Waals surface area contributed by atoms with Crippen molar-refractivity contribution in [1.82, 2.24) is 15.3 Å². The fourth-order valence-electron chi connectivity index (χ4n) is 3.50. The number of fused-ring (bicyclic) bond motifs is 3. The van der Waals surface area contributed by atoms with Crippen LogP contribution in [-0.2, 0) is 4.74 Å². The summed E-state index contributed by atoms with van der Waals surface area (Å²) in [6.07, 6.45) is 3.65. The molecule has 2 heterocycles. The molecule has 0 fully saturated rings. The maximum absolute atomic E-state index is 12.8. The molecule has 0 aliphatic heterocycles. The standard InChI is InChI=1S/C23H24N4O2S2/c1-3-5-16(13-29-2)25-22(28)20-11-18-19(31-20)9-8-14-12-24-23(27-21(14)18)26-15-6-4-7-17(30)10-15/h4,6-12,16,30H,3,5,13H2,1-2H3,(H,25,28)(H,24,26,27). The van der Waals surface area contributed by atoms with Gasteiger partial charge >= 0.3 is 0 Å². The van der Waals surface area contributed by atoms with Gasteiger partial charge in [0.05, 0.1) is 23.0 Å². The summed E-state index contributed by atoms with van der Waals surface area (Å²) < 4.78 is 6.25. The summed E-state index contributed by atoms with van der Waals surface area (Å²) in [6, 6.07) is 13.6. The van der Waals surface area contributed by atoms with Crippen molar-refractivity contribution >= 4 is 62.5 Å². The Morgan fingerprint density at radius 2 is 2.13 bits per heavy atom. The van der Waals surface area contributed by atoms with E-state index in [4.69, 9.17) is 9.72 Å². The van der Waals surface area contributed by atoms with Crippen LogP contribution in [0.15, 0.2) is 53.6 Å². The van der Waals surface area contributed by atoms with Gasteiger partial charge < -0.3 is 15.4 Å². The molecule has 0 aliphatic rings. The molecule has 1 unspecified atom stereocenters. The maximum Gasteiger partial charge on any atom is 0.261 e. The number of amides is 1.